The maximum Gasteiger partial charge on any atom is 0.305 e. The van der Waals surface area contributed by atoms with Crippen LogP contribution < -0.4 is 5.32 Å². The fourth-order valence-electron chi connectivity index (χ4n) is 2.47. The summed E-state index contributed by atoms with van der Waals surface area (Å²) in [7, 11) is 0. The van der Waals surface area contributed by atoms with E-state index >= 15 is 0 Å². The summed E-state index contributed by atoms with van der Waals surface area (Å²) in [6, 6.07) is 0.0267. The van der Waals surface area contributed by atoms with Crippen molar-refractivity contribution < 1.29 is 14.3 Å². The molecule has 0 bridgehead atoms. The third-order valence-electron chi connectivity index (χ3n) is 3.46. The molecule has 1 N–H and O–H groups in total. The summed E-state index contributed by atoms with van der Waals surface area (Å²) in [5, 5.41) is 2.90. The summed E-state index contributed by atoms with van der Waals surface area (Å²) in [5.41, 5.74) is 0. The number of ether oxygens (including phenoxy) is 1. The Morgan fingerprint density at radius 3 is 2.84 bits per heavy atom. The highest BCUT2D eigenvalue weighted by Crippen LogP contribution is 2.11. The van der Waals surface area contributed by atoms with E-state index in [1.807, 2.05) is 13.8 Å². The smallest absolute Gasteiger partial charge is 0.305 e. The zero-order valence-electron chi connectivity index (χ0n) is 12.1. The van der Waals surface area contributed by atoms with Crippen molar-refractivity contribution in [1.82, 2.24) is 10.2 Å². The van der Waals surface area contributed by atoms with E-state index in [0.717, 1.165) is 45.3 Å². The highest BCUT2D eigenvalue weighted by molar-refractivity contribution is 5.82. The number of unbranched alkanes of at least 4 members (excludes halogenated alkanes) is 2. The van der Waals surface area contributed by atoms with Crippen LogP contribution in [-0.4, -0.2) is 49.1 Å². The number of rotatable bonds is 8. The monoisotopic (exact) mass is 270 g/mol. The zero-order chi connectivity index (χ0) is 14.1. The van der Waals surface area contributed by atoms with Gasteiger partial charge in [0.05, 0.1) is 12.6 Å². The number of carbonyl (C=O) groups is 2. The largest absolute Gasteiger partial charge is 0.466 e. The molecule has 1 aliphatic rings. The number of hydrogen-bond acceptors (Lipinski definition) is 4. The highest BCUT2D eigenvalue weighted by atomic mass is 16.5. The molecule has 1 saturated heterocycles. The van der Waals surface area contributed by atoms with Gasteiger partial charge in [0, 0.05) is 19.5 Å². The summed E-state index contributed by atoms with van der Waals surface area (Å²) in [6.07, 6.45) is 4.27. The number of carbonyl (C=O) groups excluding carboxylic acids is 2. The quantitative estimate of drug-likeness (QED) is 0.534. The van der Waals surface area contributed by atoms with Crippen LogP contribution in [0.5, 0.6) is 0 Å². The van der Waals surface area contributed by atoms with Crippen LogP contribution in [0.3, 0.4) is 0 Å². The molecular weight excluding hydrogens is 244 g/mol. The van der Waals surface area contributed by atoms with Gasteiger partial charge in [-0.1, -0.05) is 13.3 Å². The van der Waals surface area contributed by atoms with Crippen LogP contribution in [0.2, 0.25) is 0 Å². The van der Waals surface area contributed by atoms with Gasteiger partial charge in [-0.25, -0.2) is 0 Å². The van der Waals surface area contributed by atoms with Gasteiger partial charge in [0.1, 0.15) is 0 Å². The molecule has 5 heteroatoms. The normalized spacial score (nSPS) is 20.1. The van der Waals surface area contributed by atoms with Crippen LogP contribution in [0.4, 0.5) is 0 Å². The van der Waals surface area contributed by atoms with Gasteiger partial charge >= 0.3 is 5.97 Å². The predicted molar refractivity (Wildman–Crippen MR) is 73.8 cm³/mol. The van der Waals surface area contributed by atoms with Gasteiger partial charge in [-0.05, 0) is 32.7 Å². The number of nitrogens with zero attached hydrogens (tertiary/aromatic N) is 1. The van der Waals surface area contributed by atoms with Gasteiger partial charge in [-0.15, -0.1) is 0 Å². The van der Waals surface area contributed by atoms with Crippen LogP contribution in [0.1, 0.15) is 46.0 Å². The molecule has 1 rings (SSSR count). The van der Waals surface area contributed by atoms with E-state index in [1.165, 1.54) is 0 Å². The Bertz CT molecular complexity index is 294. The lowest BCUT2D eigenvalue weighted by Gasteiger charge is -2.34. The standard InChI is InChI=1S/C14H26N2O3/c1-3-12-14(18)15-9-11-16(12)10-7-5-6-8-13(17)19-4-2/h12H,3-11H2,1-2H3,(H,15,18). The van der Waals surface area contributed by atoms with Gasteiger partial charge in [-0.3, -0.25) is 14.5 Å². The minimum absolute atomic E-state index is 0.0267. The highest BCUT2D eigenvalue weighted by Gasteiger charge is 2.27. The Hall–Kier alpha value is -1.10. The summed E-state index contributed by atoms with van der Waals surface area (Å²) in [6.45, 7) is 6.95. The average Bonchev–Trinajstić information content (AvgIpc) is 2.39. The molecule has 0 aromatic rings. The second-order valence-corrected chi connectivity index (χ2v) is 4.87. The topological polar surface area (TPSA) is 58.6 Å². The lowest BCUT2D eigenvalue weighted by Crippen LogP contribution is -2.55. The Morgan fingerprint density at radius 2 is 2.16 bits per heavy atom. The first kappa shape index (κ1) is 16.0. The molecular formula is C14H26N2O3. The Balaban J connectivity index is 2.14. The first-order valence-corrected chi connectivity index (χ1v) is 7.36. The Morgan fingerprint density at radius 1 is 1.37 bits per heavy atom. The molecule has 110 valence electrons. The molecule has 1 fully saturated rings. The molecule has 19 heavy (non-hydrogen) atoms. The van der Waals surface area contributed by atoms with Crippen molar-refractivity contribution in [2.45, 2.75) is 52.0 Å². The van der Waals surface area contributed by atoms with Crippen molar-refractivity contribution in [3.05, 3.63) is 0 Å². The van der Waals surface area contributed by atoms with Crippen molar-refractivity contribution in [3.63, 3.8) is 0 Å². The SMILES string of the molecule is CCOC(=O)CCCCCN1CCNC(=O)C1CC. The summed E-state index contributed by atoms with van der Waals surface area (Å²) < 4.78 is 4.88. The molecule has 0 spiro atoms. The maximum atomic E-state index is 11.7. The molecule has 1 amide bonds. The molecule has 0 radical (unpaired) electrons. The lowest BCUT2D eigenvalue weighted by atomic mass is 10.1. The lowest BCUT2D eigenvalue weighted by molar-refractivity contribution is -0.143. The van der Waals surface area contributed by atoms with E-state index in [9.17, 15) is 9.59 Å². The molecule has 1 atom stereocenters. The molecule has 0 aromatic carbocycles. The number of amides is 1. The summed E-state index contributed by atoms with van der Waals surface area (Å²) in [4.78, 5) is 25.1. The first-order chi connectivity index (χ1) is 9.19. The van der Waals surface area contributed by atoms with Crippen molar-refractivity contribution in [1.29, 1.82) is 0 Å². The molecule has 1 heterocycles. The van der Waals surface area contributed by atoms with E-state index in [-0.39, 0.29) is 17.9 Å². The fourth-order valence-corrected chi connectivity index (χ4v) is 2.47. The third-order valence-corrected chi connectivity index (χ3v) is 3.46. The van der Waals surface area contributed by atoms with Gasteiger partial charge in [0.2, 0.25) is 5.91 Å². The van der Waals surface area contributed by atoms with Crippen LogP contribution in [0.25, 0.3) is 0 Å². The van der Waals surface area contributed by atoms with Crippen molar-refractivity contribution in [3.8, 4) is 0 Å². The van der Waals surface area contributed by atoms with Crippen molar-refractivity contribution >= 4 is 11.9 Å². The minimum atomic E-state index is -0.105. The maximum absolute atomic E-state index is 11.7. The van der Waals surface area contributed by atoms with E-state index in [0.29, 0.717) is 13.0 Å². The predicted octanol–water partition coefficient (Wildman–Crippen LogP) is 1.32. The van der Waals surface area contributed by atoms with Crippen molar-refractivity contribution in [2.24, 2.45) is 0 Å². The van der Waals surface area contributed by atoms with Crippen LogP contribution >= 0.6 is 0 Å². The van der Waals surface area contributed by atoms with E-state index < -0.39 is 0 Å². The number of nitrogens with one attached hydrogen (secondary N) is 1. The second kappa shape index (κ2) is 8.91. The first-order valence-electron chi connectivity index (χ1n) is 7.36. The third kappa shape index (κ3) is 5.59. The van der Waals surface area contributed by atoms with Crippen molar-refractivity contribution in [2.75, 3.05) is 26.2 Å². The molecule has 0 aliphatic carbocycles. The summed E-state index contributed by atoms with van der Waals surface area (Å²) >= 11 is 0. The second-order valence-electron chi connectivity index (χ2n) is 4.87. The Labute approximate surface area is 115 Å². The van der Waals surface area contributed by atoms with Crippen LogP contribution in [-0.2, 0) is 14.3 Å². The average molecular weight is 270 g/mol. The van der Waals surface area contributed by atoms with Gasteiger partial charge in [0.25, 0.3) is 0 Å². The summed E-state index contributed by atoms with van der Waals surface area (Å²) in [5.74, 6) is 0.0477. The van der Waals surface area contributed by atoms with Gasteiger partial charge in [0.15, 0.2) is 0 Å². The number of piperazine rings is 1. The minimum Gasteiger partial charge on any atom is -0.466 e. The van der Waals surface area contributed by atoms with Crippen LogP contribution in [0, 0.1) is 0 Å². The molecule has 5 nitrogen and oxygen atoms in total. The number of esters is 1. The Kier molecular flexibility index (Phi) is 7.48. The van der Waals surface area contributed by atoms with Gasteiger partial charge in [-0.2, -0.15) is 0 Å². The molecule has 1 unspecified atom stereocenters. The zero-order valence-corrected chi connectivity index (χ0v) is 12.1. The van der Waals surface area contributed by atoms with E-state index in [1.54, 1.807) is 0 Å². The fraction of sp³-hybridized carbons (Fsp3) is 0.857. The molecule has 0 aromatic heterocycles. The number of hydrogen-bond donors (Lipinski definition) is 1. The van der Waals surface area contributed by atoms with E-state index in [4.69, 9.17) is 4.74 Å². The van der Waals surface area contributed by atoms with Gasteiger partial charge < -0.3 is 10.1 Å². The van der Waals surface area contributed by atoms with E-state index in [2.05, 4.69) is 10.2 Å². The molecule has 0 saturated carbocycles. The molecule has 1 aliphatic heterocycles. The van der Waals surface area contributed by atoms with Crippen LogP contribution in [0.15, 0.2) is 0 Å².